The highest BCUT2D eigenvalue weighted by Crippen LogP contribution is 2.34. The van der Waals surface area contributed by atoms with Crippen molar-refractivity contribution in [1.82, 2.24) is 9.97 Å². The zero-order valence-corrected chi connectivity index (χ0v) is 12.7. The van der Waals surface area contributed by atoms with E-state index < -0.39 is 0 Å². The van der Waals surface area contributed by atoms with E-state index in [1.165, 1.54) is 0 Å². The molecular weight excluding hydrogens is 254 g/mol. The average molecular weight is 279 g/mol. The summed E-state index contributed by atoms with van der Waals surface area (Å²) in [6.07, 6.45) is 2.97. The molecule has 1 aliphatic rings. The van der Waals surface area contributed by atoms with Gasteiger partial charge < -0.3 is 14.7 Å². The monoisotopic (exact) mass is 279 g/mol. The Morgan fingerprint density at radius 1 is 1.35 bits per heavy atom. The van der Waals surface area contributed by atoms with Gasteiger partial charge in [-0.15, -0.1) is 0 Å². The van der Waals surface area contributed by atoms with Crippen LogP contribution in [-0.2, 0) is 4.74 Å². The van der Waals surface area contributed by atoms with Gasteiger partial charge in [0.1, 0.15) is 0 Å². The van der Waals surface area contributed by atoms with Gasteiger partial charge in [0.15, 0.2) is 0 Å². The van der Waals surface area contributed by atoms with E-state index in [9.17, 15) is 5.11 Å². The molecule has 1 aromatic heterocycles. The van der Waals surface area contributed by atoms with E-state index in [-0.39, 0.29) is 12.0 Å². The van der Waals surface area contributed by atoms with Gasteiger partial charge in [0, 0.05) is 43.6 Å². The smallest absolute Gasteiger partial charge is 0.225 e. The Bertz CT molecular complexity index is 432. The summed E-state index contributed by atoms with van der Waals surface area (Å²) in [5.41, 5.74) is 1.89. The maximum Gasteiger partial charge on any atom is 0.225 e. The van der Waals surface area contributed by atoms with Gasteiger partial charge in [-0.25, -0.2) is 9.97 Å². The molecule has 1 unspecified atom stereocenters. The Hall–Kier alpha value is -1.20. The van der Waals surface area contributed by atoms with Crippen LogP contribution in [0.1, 0.15) is 30.7 Å². The van der Waals surface area contributed by atoms with E-state index in [1.807, 2.05) is 19.9 Å². The lowest BCUT2D eigenvalue weighted by Crippen LogP contribution is -2.46. The highest BCUT2D eigenvalue weighted by atomic mass is 16.5. The molecule has 1 saturated heterocycles. The molecule has 0 aromatic carbocycles. The molecule has 0 spiro atoms. The zero-order valence-electron chi connectivity index (χ0n) is 12.7. The zero-order chi connectivity index (χ0) is 14.6. The number of piperidine rings is 1. The second kappa shape index (κ2) is 6.50. The van der Waals surface area contributed by atoms with E-state index in [4.69, 9.17) is 4.74 Å². The third-order valence-electron chi connectivity index (χ3n) is 4.09. The predicted octanol–water partition coefficient (Wildman–Crippen LogP) is 1.71. The Labute approximate surface area is 121 Å². The first kappa shape index (κ1) is 15.2. The highest BCUT2D eigenvalue weighted by molar-refractivity contribution is 5.33. The topological polar surface area (TPSA) is 58.5 Å². The summed E-state index contributed by atoms with van der Waals surface area (Å²) in [6.45, 7) is 6.62. The lowest BCUT2D eigenvalue weighted by molar-refractivity contribution is 0.0622. The van der Waals surface area contributed by atoms with Crippen molar-refractivity contribution < 1.29 is 9.84 Å². The van der Waals surface area contributed by atoms with Crippen molar-refractivity contribution in [3.63, 3.8) is 0 Å². The minimum absolute atomic E-state index is 0.0880. The maximum atomic E-state index is 9.82. The summed E-state index contributed by atoms with van der Waals surface area (Å²) in [7, 11) is 1.71. The maximum absolute atomic E-state index is 9.82. The van der Waals surface area contributed by atoms with E-state index in [0.29, 0.717) is 6.61 Å². The van der Waals surface area contributed by atoms with Crippen molar-refractivity contribution in [3.8, 4) is 0 Å². The first-order valence-electron chi connectivity index (χ1n) is 7.26. The third kappa shape index (κ3) is 3.46. The fourth-order valence-electron chi connectivity index (χ4n) is 2.96. The summed E-state index contributed by atoms with van der Waals surface area (Å²) in [5.74, 6) is 0.789. The van der Waals surface area contributed by atoms with Crippen molar-refractivity contribution in [2.24, 2.45) is 5.41 Å². The summed E-state index contributed by atoms with van der Waals surface area (Å²) >= 11 is 0. The fraction of sp³-hybridized carbons (Fsp3) is 0.733. The number of hydrogen-bond donors (Lipinski definition) is 1. The highest BCUT2D eigenvalue weighted by Gasteiger charge is 2.35. The molecule has 1 aliphatic heterocycles. The minimum Gasteiger partial charge on any atom is -0.396 e. The lowest BCUT2D eigenvalue weighted by atomic mass is 9.78. The van der Waals surface area contributed by atoms with E-state index in [0.717, 1.165) is 49.7 Å². The number of anilines is 1. The van der Waals surface area contributed by atoms with Crippen molar-refractivity contribution >= 4 is 5.95 Å². The largest absolute Gasteiger partial charge is 0.396 e. The van der Waals surface area contributed by atoms with Gasteiger partial charge in [-0.2, -0.15) is 0 Å². The summed E-state index contributed by atoms with van der Waals surface area (Å²) in [4.78, 5) is 11.3. The molecule has 0 saturated carbocycles. The summed E-state index contributed by atoms with van der Waals surface area (Å²) in [6, 6.07) is 1.98. The van der Waals surface area contributed by atoms with Gasteiger partial charge >= 0.3 is 0 Å². The molecule has 5 heteroatoms. The number of aromatic nitrogens is 2. The molecule has 1 atom stereocenters. The molecule has 5 nitrogen and oxygen atoms in total. The number of aliphatic hydroxyl groups is 1. The van der Waals surface area contributed by atoms with Crippen LogP contribution >= 0.6 is 0 Å². The molecule has 2 rings (SSSR count). The SMILES string of the molecule is COCCC1(CO)CCCN(c2nc(C)cc(C)n2)C1. The number of nitrogens with zero attached hydrogens (tertiary/aromatic N) is 3. The van der Waals surface area contributed by atoms with Gasteiger partial charge in [-0.05, 0) is 39.2 Å². The van der Waals surface area contributed by atoms with Gasteiger partial charge in [-0.3, -0.25) is 0 Å². The molecule has 20 heavy (non-hydrogen) atoms. The first-order chi connectivity index (χ1) is 9.58. The normalized spacial score (nSPS) is 23.1. The molecule has 1 N–H and O–H groups in total. The van der Waals surface area contributed by atoms with Gasteiger partial charge in [0.25, 0.3) is 0 Å². The first-order valence-corrected chi connectivity index (χ1v) is 7.26. The van der Waals surface area contributed by atoms with Crippen LogP contribution in [0.4, 0.5) is 5.95 Å². The van der Waals surface area contributed by atoms with Crippen LogP contribution in [0.3, 0.4) is 0 Å². The van der Waals surface area contributed by atoms with Crippen molar-refractivity contribution in [3.05, 3.63) is 17.5 Å². The number of methoxy groups -OCH3 is 1. The van der Waals surface area contributed by atoms with Crippen LogP contribution in [0, 0.1) is 19.3 Å². The van der Waals surface area contributed by atoms with Crippen molar-refractivity contribution in [1.29, 1.82) is 0 Å². The molecule has 0 aliphatic carbocycles. The quantitative estimate of drug-likeness (QED) is 0.889. The number of aliphatic hydroxyl groups excluding tert-OH is 1. The third-order valence-corrected chi connectivity index (χ3v) is 4.09. The van der Waals surface area contributed by atoms with Crippen LogP contribution in [-0.4, -0.2) is 48.5 Å². The standard InChI is InChI=1S/C15H25N3O2/c1-12-9-13(2)17-14(16-12)18-7-4-5-15(10-18,11-19)6-8-20-3/h9,19H,4-8,10-11H2,1-3H3. The lowest BCUT2D eigenvalue weighted by Gasteiger charge is -2.42. The van der Waals surface area contributed by atoms with Gasteiger partial charge in [-0.1, -0.05) is 0 Å². The van der Waals surface area contributed by atoms with E-state index in [1.54, 1.807) is 7.11 Å². The Morgan fingerprint density at radius 2 is 2.05 bits per heavy atom. The second-order valence-corrected chi connectivity index (χ2v) is 5.88. The van der Waals surface area contributed by atoms with Crippen LogP contribution in [0.2, 0.25) is 0 Å². The molecule has 1 aromatic rings. The molecule has 112 valence electrons. The number of rotatable bonds is 5. The Balaban J connectivity index is 2.16. The summed E-state index contributed by atoms with van der Waals surface area (Å²) in [5, 5.41) is 9.82. The predicted molar refractivity (Wildman–Crippen MR) is 79.0 cm³/mol. The number of hydrogen-bond acceptors (Lipinski definition) is 5. The van der Waals surface area contributed by atoms with E-state index in [2.05, 4.69) is 14.9 Å². The molecule has 2 heterocycles. The van der Waals surface area contributed by atoms with Crippen LogP contribution < -0.4 is 4.90 Å². The van der Waals surface area contributed by atoms with E-state index >= 15 is 0 Å². The molecular formula is C15H25N3O2. The van der Waals surface area contributed by atoms with Gasteiger partial charge in [0.05, 0.1) is 6.61 Å². The molecule has 1 fully saturated rings. The molecule has 0 bridgehead atoms. The molecule has 0 radical (unpaired) electrons. The fourth-order valence-corrected chi connectivity index (χ4v) is 2.96. The van der Waals surface area contributed by atoms with Crippen molar-refractivity contribution in [2.45, 2.75) is 33.1 Å². The molecule has 0 amide bonds. The average Bonchev–Trinajstić information content (AvgIpc) is 2.44. The number of ether oxygens (including phenoxy) is 1. The Morgan fingerprint density at radius 3 is 2.65 bits per heavy atom. The van der Waals surface area contributed by atoms with Crippen LogP contribution in [0.5, 0.6) is 0 Å². The van der Waals surface area contributed by atoms with Crippen LogP contribution in [0.15, 0.2) is 6.07 Å². The minimum atomic E-state index is -0.0880. The summed E-state index contributed by atoms with van der Waals surface area (Å²) < 4.78 is 5.19. The second-order valence-electron chi connectivity index (χ2n) is 5.88. The van der Waals surface area contributed by atoms with Crippen LogP contribution in [0.25, 0.3) is 0 Å². The van der Waals surface area contributed by atoms with Crippen molar-refractivity contribution in [2.75, 3.05) is 38.3 Å². The number of aryl methyl sites for hydroxylation is 2. The Kier molecular flexibility index (Phi) is 4.94. The van der Waals surface area contributed by atoms with Gasteiger partial charge in [0.2, 0.25) is 5.95 Å².